The molecule has 2 N–H and O–H groups in total. The van der Waals surface area contributed by atoms with Crippen molar-refractivity contribution in [2.24, 2.45) is 4.99 Å². The molecule has 0 radical (unpaired) electrons. The van der Waals surface area contributed by atoms with Gasteiger partial charge in [0.1, 0.15) is 23.0 Å². The van der Waals surface area contributed by atoms with E-state index in [1.165, 1.54) is 0 Å². The zero-order valence-corrected chi connectivity index (χ0v) is 15.2. The molecule has 0 amide bonds. The van der Waals surface area contributed by atoms with Crippen LogP contribution in [0, 0.1) is 6.92 Å². The van der Waals surface area contributed by atoms with Gasteiger partial charge < -0.3 is 15.1 Å². The summed E-state index contributed by atoms with van der Waals surface area (Å²) < 4.78 is 7.86. The van der Waals surface area contributed by atoms with Crippen molar-refractivity contribution in [1.82, 2.24) is 25.4 Å². The van der Waals surface area contributed by atoms with E-state index in [2.05, 4.69) is 37.8 Å². The first-order valence-electron chi connectivity index (χ1n) is 9.09. The average molecular weight is 352 g/mol. The maximum atomic E-state index is 5.86. The van der Waals surface area contributed by atoms with Gasteiger partial charge in [-0.1, -0.05) is 18.2 Å². The minimum atomic E-state index is 0.141. The number of rotatable bonds is 4. The van der Waals surface area contributed by atoms with Gasteiger partial charge in [0, 0.05) is 31.9 Å². The number of aliphatic imine (C=N–C) groups is 1. The molecule has 7 heteroatoms. The molecule has 1 aromatic carbocycles. The second kappa shape index (κ2) is 7.19. The summed E-state index contributed by atoms with van der Waals surface area (Å²) in [4.78, 5) is 8.91. The molecule has 0 spiro atoms. The Labute approximate surface area is 152 Å². The van der Waals surface area contributed by atoms with Crippen LogP contribution in [0.4, 0.5) is 0 Å². The monoisotopic (exact) mass is 352 g/mol. The third kappa shape index (κ3) is 3.42. The molecule has 1 aliphatic rings. The third-order valence-electron chi connectivity index (χ3n) is 4.66. The molecule has 1 unspecified atom stereocenters. The highest BCUT2D eigenvalue weighted by Crippen LogP contribution is 2.23. The van der Waals surface area contributed by atoms with E-state index in [0.717, 1.165) is 66.7 Å². The second-order valence-electron chi connectivity index (χ2n) is 6.58. The van der Waals surface area contributed by atoms with E-state index in [9.17, 15) is 0 Å². The molecule has 0 fully saturated rings. The molecular weight excluding hydrogens is 328 g/mol. The standard InChI is InChI=1S/C19H24N6O/c1-13-22-18-16(7-5-11-25(18)24-13)23-19(20-2)21-10-9-15-12-14-6-3-4-8-17(14)26-15/h3-4,6,8,12,16H,5,7,9-11H2,1-2H3,(H2,20,21,23). The molecule has 26 heavy (non-hydrogen) atoms. The van der Waals surface area contributed by atoms with Gasteiger partial charge in [0.15, 0.2) is 5.96 Å². The number of furan rings is 1. The molecule has 0 bridgehead atoms. The second-order valence-corrected chi connectivity index (χ2v) is 6.58. The summed E-state index contributed by atoms with van der Waals surface area (Å²) in [6.45, 7) is 3.62. The lowest BCUT2D eigenvalue weighted by Gasteiger charge is -2.24. The first-order chi connectivity index (χ1) is 12.7. The van der Waals surface area contributed by atoms with Crippen LogP contribution in [0.15, 0.2) is 39.7 Å². The van der Waals surface area contributed by atoms with Crippen molar-refractivity contribution in [3.8, 4) is 0 Å². The molecule has 2 aromatic heterocycles. The molecule has 3 aromatic rings. The first kappa shape index (κ1) is 16.6. The van der Waals surface area contributed by atoms with Gasteiger partial charge in [-0.25, -0.2) is 9.67 Å². The number of aryl methyl sites for hydroxylation is 2. The topological polar surface area (TPSA) is 80.3 Å². The van der Waals surface area contributed by atoms with Crippen LogP contribution in [0.1, 0.15) is 36.3 Å². The zero-order valence-electron chi connectivity index (χ0n) is 15.2. The number of fused-ring (bicyclic) bond motifs is 2. The van der Waals surface area contributed by atoms with Crippen LogP contribution in [0.3, 0.4) is 0 Å². The van der Waals surface area contributed by atoms with Crippen LogP contribution >= 0.6 is 0 Å². The van der Waals surface area contributed by atoms with Gasteiger partial charge >= 0.3 is 0 Å². The van der Waals surface area contributed by atoms with E-state index < -0.39 is 0 Å². The number of nitrogens with one attached hydrogen (secondary N) is 2. The number of benzene rings is 1. The Morgan fingerprint density at radius 3 is 3.12 bits per heavy atom. The van der Waals surface area contributed by atoms with E-state index in [1.54, 1.807) is 7.05 Å². The minimum Gasteiger partial charge on any atom is -0.461 e. The summed E-state index contributed by atoms with van der Waals surface area (Å²) >= 11 is 0. The highest BCUT2D eigenvalue weighted by molar-refractivity contribution is 5.80. The predicted octanol–water partition coefficient (Wildman–Crippen LogP) is 2.58. The number of para-hydroxylation sites is 1. The lowest BCUT2D eigenvalue weighted by molar-refractivity contribution is 0.397. The fraction of sp³-hybridized carbons (Fsp3) is 0.421. The Morgan fingerprint density at radius 2 is 2.27 bits per heavy atom. The summed E-state index contributed by atoms with van der Waals surface area (Å²) in [5, 5.41) is 12.4. The summed E-state index contributed by atoms with van der Waals surface area (Å²) in [6, 6.07) is 10.3. The van der Waals surface area contributed by atoms with Crippen LogP contribution in [0.2, 0.25) is 0 Å². The van der Waals surface area contributed by atoms with Crippen molar-refractivity contribution < 1.29 is 4.42 Å². The van der Waals surface area contributed by atoms with Crippen LogP contribution in [-0.4, -0.2) is 34.3 Å². The summed E-state index contributed by atoms with van der Waals surface area (Å²) in [7, 11) is 1.79. The number of hydrogen-bond donors (Lipinski definition) is 2. The van der Waals surface area contributed by atoms with Crippen molar-refractivity contribution in [2.45, 2.75) is 38.8 Å². The Balaban J connectivity index is 1.35. The largest absolute Gasteiger partial charge is 0.461 e. The first-order valence-corrected chi connectivity index (χ1v) is 9.09. The normalized spacial score (nSPS) is 17.3. The third-order valence-corrected chi connectivity index (χ3v) is 4.66. The Morgan fingerprint density at radius 1 is 1.38 bits per heavy atom. The SMILES string of the molecule is CN=C(NCCc1cc2ccccc2o1)NC1CCCn2nc(C)nc21. The highest BCUT2D eigenvalue weighted by Gasteiger charge is 2.24. The molecule has 0 aliphatic carbocycles. The van der Waals surface area contributed by atoms with Crippen molar-refractivity contribution in [1.29, 1.82) is 0 Å². The Hall–Kier alpha value is -2.83. The molecule has 0 saturated carbocycles. The molecule has 4 rings (SSSR count). The summed E-state index contributed by atoms with van der Waals surface area (Å²) in [6.07, 6.45) is 2.92. The van der Waals surface area contributed by atoms with Crippen molar-refractivity contribution in [3.05, 3.63) is 47.7 Å². The van der Waals surface area contributed by atoms with Gasteiger partial charge in [-0.05, 0) is 31.9 Å². The lowest BCUT2D eigenvalue weighted by Crippen LogP contribution is -2.42. The van der Waals surface area contributed by atoms with Crippen molar-refractivity contribution >= 4 is 16.9 Å². The molecule has 1 atom stereocenters. The Bertz CT molecular complexity index is 892. The average Bonchev–Trinajstić information content (AvgIpc) is 3.23. The van der Waals surface area contributed by atoms with Crippen LogP contribution < -0.4 is 10.6 Å². The van der Waals surface area contributed by atoms with Gasteiger partial charge in [0.25, 0.3) is 0 Å². The Kier molecular flexibility index (Phi) is 4.60. The fourth-order valence-corrected chi connectivity index (χ4v) is 3.43. The van der Waals surface area contributed by atoms with Crippen molar-refractivity contribution in [2.75, 3.05) is 13.6 Å². The molecule has 3 heterocycles. The molecule has 136 valence electrons. The van der Waals surface area contributed by atoms with E-state index in [-0.39, 0.29) is 6.04 Å². The molecule has 0 saturated heterocycles. The lowest BCUT2D eigenvalue weighted by atomic mass is 10.1. The summed E-state index contributed by atoms with van der Waals surface area (Å²) in [5.74, 6) is 3.57. The highest BCUT2D eigenvalue weighted by atomic mass is 16.3. The van der Waals surface area contributed by atoms with Gasteiger partial charge in [-0.15, -0.1) is 0 Å². The predicted molar refractivity (Wildman–Crippen MR) is 101 cm³/mol. The smallest absolute Gasteiger partial charge is 0.191 e. The number of nitrogens with zero attached hydrogens (tertiary/aromatic N) is 4. The van der Waals surface area contributed by atoms with Crippen molar-refractivity contribution in [3.63, 3.8) is 0 Å². The zero-order chi connectivity index (χ0) is 17.9. The molecular formula is C19H24N6O. The van der Waals surface area contributed by atoms with E-state index in [0.29, 0.717) is 0 Å². The number of hydrogen-bond acceptors (Lipinski definition) is 4. The minimum absolute atomic E-state index is 0.141. The quantitative estimate of drug-likeness (QED) is 0.557. The van der Waals surface area contributed by atoms with Crippen LogP contribution in [0.5, 0.6) is 0 Å². The maximum Gasteiger partial charge on any atom is 0.191 e. The van der Waals surface area contributed by atoms with E-state index >= 15 is 0 Å². The van der Waals surface area contributed by atoms with E-state index in [4.69, 9.17) is 4.42 Å². The number of guanidine groups is 1. The van der Waals surface area contributed by atoms with Crippen LogP contribution in [-0.2, 0) is 13.0 Å². The van der Waals surface area contributed by atoms with Crippen LogP contribution in [0.25, 0.3) is 11.0 Å². The number of aromatic nitrogens is 3. The van der Waals surface area contributed by atoms with E-state index in [1.807, 2.05) is 29.8 Å². The van der Waals surface area contributed by atoms with Gasteiger partial charge in [-0.2, -0.15) is 5.10 Å². The van der Waals surface area contributed by atoms with Gasteiger partial charge in [0.05, 0.1) is 6.04 Å². The van der Waals surface area contributed by atoms with Gasteiger partial charge in [0.2, 0.25) is 0 Å². The van der Waals surface area contributed by atoms with Gasteiger partial charge in [-0.3, -0.25) is 4.99 Å². The maximum absolute atomic E-state index is 5.86. The fourth-order valence-electron chi connectivity index (χ4n) is 3.43. The summed E-state index contributed by atoms with van der Waals surface area (Å²) in [5.41, 5.74) is 0.932. The molecule has 7 nitrogen and oxygen atoms in total. The molecule has 1 aliphatic heterocycles.